The third-order valence-corrected chi connectivity index (χ3v) is 2.99. The molecule has 2 aromatic rings. The first-order valence-electron chi connectivity index (χ1n) is 5.91. The standard InChI is InChI=1S/C13H10N5O2.ClH/c19-17(20)18(12-9-5-2-6-10-12)13(14-15-16-18)11-7-3-1-4-8-11;/h1-10H;1H/q+1;/p-1. The Labute approximate surface area is 126 Å². The van der Waals surface area contributed by atoms with E-state index in [1.807, 2.05) is 6.07 Å². The van der Waals surface area contributed by atoms with Gasteiger partial charge in [-0.05, 0) is 12.1 Å². The molecule has 3 rings (SSSR count). The van der Waals surface area contributed by atoms with Crippen molar-refractivity contribution in [1.82, 2.24) is 4.70 Å². The van der Waals surface area contributed by atoms with Gasteiger partial charge in [-0.15, -0.1) is 0 Å². The molecule has 106 valence electrons. The van der Waals surface area contributed by atoms with Crippen molar-refractivity contribution >= 4 is 11.5 Å². The van der Waals surface area contributed by atoms with Gasteiger partial charge >= 0.3 is 5.84 Å². The van der Waals surface area contributed by atoms with Crippen molar-refractivity contribution in [3.05, 3.63) is 76.3 Å². The van der Waals surface area contributed by atoms with Crippen LogP contribution in [0.1, 0.15) is 5.56 Å². The van der Waals surface area contributed by atoms with E-state index in [9.17, 15) is 10.1 Å². The molecule has 0 saturated carbocycles. The summed E-state index contributed by atoms with van der Waals surface area (Å²) in [6.07, 6.45) is 0. The second-order valence-electron chi connectivity index (χ2n) is 4.14. The van der Waals surface area contributed by atoms with E-state index in [4.69, 9.17) is 0 Å². The van der Waals surface area contributed by atoms with Crippen LogP contribution in [0.3, 0.4) is 0 Å². The van der Waals surface area contributed by atoms with Crippen molar-refractivity contribution in [3.8, 4) is 0 Å². The van der Waals surface area contributed by atoms with E-state index in [1.54, 1.807) is 54.6 Å². The van der Waals surface area contributed by atoms with Crippen LogP contribution in [0.25, 0.3) is 0 Å². The molecule has 0 fully saturated rings. The summed E-state index contributed by atoms with van der Waals surface area (Å²) >= 11 is 0. The van der Waals surface area contributed by atoms with Gasteiger partial charge in [0.2, 0.25) is 5.69 Å². The van der Waals surface area contributed by atoms with Gasteiger partial charge in [-0.1, -0.05) is 41.5 Å². The lowest BCUT2D eigenvalue weighted by atomic mass is 10.2. The van der Waals surface area contributed by atoms with E-state index in [1.165, 1.54) is 0 Å². The lowest BCUT2D eigenvalue weighted by Gasteiger charge is -2.14. The van der Waals surface area contributed by atoms with Crippen LogP contribution in [0.2, 0.25) is 0 Å². The zero-order valence-corrected chi connectivity index (χ0v) is 11.5. The average Bonchev–Trinajstić information content (AvgIpc) is 2.95. The van der Waals surface area contributed by atoms with E-state index in [2.05, 4.69) is 15.5 Å². The summed E-state index contributed by atoms with van der Waals surface area (Å²) in [6.45, 7) is 0. The first-order valence-corrected chi connectivity index (χ1v) is 5.91. The van der Waals surface area contributed by atoms with Crippen molar-refractivity contribution in [3.63, 3.8) is 0 Å². The Balaban J connectivity index is 0.00000161. The zero-order valence-electron chi connectivity index (χ0n) is 10.7. The molecular weight excluding hydrogens is 294 g/mol. The number of amidine groups is 1. The van der Waals surface area contributed by atoms with Gasteiger partial charge in [0, 0.05) is 17.4 Å². The Kier molecular flexibility index (Phi) is 4.06. The highest BCUT2D eigenvalue weighted by Gasteiger charge is 2.56. The minimum absolute atomic E-state index is 0. The molecule has 0 saturated heterocycles. The van der Waals surface area contributed by atoms with Crippen molar-refractivity contribution in [2.24, 2.45) is 15.5 Å². The molecule has 0 N–H and O–H groups in total. The number of nitro groups is 1. The summed E-state index contributed by atoms with van der Waals surface area (Å²) in [5, 5.41) is 22.3. The van der Waals surface area contributed by atoms with Gasteiger partial charge in [0.25, 0.3) is 5.03 Å². The van der Waals surface area contributed by atoms with Crippen molar-refractivity contribution in [2.45, 2.75) is 0 Å². The third kappa shape index (κ3) is 2.28. The van der Waals surface area contributed by atoms with Gasteiger partial charge in [0.1, 0.15) is 5.22 Å². The summed E-state index contributed by atoms with van der Waals surface area (Å²) in [5.74, 6) is 0.168. The highest BCUT2D eigenvalue weighted by atomic mass is 35.5. The molecule has 2 aromatic carbocycles. The van der Waals surface area contributed by atoms with Gasteiger partial charge in [-0.3, -0.25) is 0 Å². The maximum absolute atomic E-state index is 11.7. The fourth-order valence-electron chi connectivity index (χ4n) is 2.06. The van der Waals surface area contributed by atoms with Gasteiger partial charge in [0.15, 0.2) is 4.70 Å². The van der Waals surface area contributed by atoms with Gasteiger partial charge in [-0.2, -0.15) is 0 Å². The van der Waals surface area contributed by atoms with Crippen molar-refractivity contribution in [2.75, 3.05) is 0 Å². The molecule has 21 heavy (non-hydrogen) atoms. The van der Waals surface area contributed by atoms with Crippen LogP contribution >= 0.6 is 0 Å². The zero-order chi connectivity index (χ0) is 14.0. The minimum atomic E-state index is -0.967. The molecule has 0 spiro atoms. The van der Waals surface area contributed by atoms with Crippen LogP contribution in [0.15, 0.2) is 76.2 Å². The second kappa shape index (κ2) is 5.78. The smallest absolute Gasteiger partial charge is 0.355 e. The predicted octanol–water partition coefficient (Wildman–Crippen LogP) is -0.0678. The summed E-state index contributed by atoms with van der Waals surface area (Å²) in [6, 6.07) is 17.4. The monoisotopic (exact) mass is 303 g/mol. The number of benzene rings is 2. The minimum Gasteiger partial charge on any atom is -1.00 e. The van der Waals surface area contributed by atoms with Crippen molar-refractivity contribution in [1.29, 1.82) is 0 Å². The third-order valence-electron chi connectivity index (χ3n) is 2.99. The fourth-order valence-corrected chi connectivity index (χ4v) is 2.06. The van der Waals surface area contributed by atoms with Gasteiger partial charge < -0.3 is 12.4 Å². The Morgan fingerprint density at radius 3 is 2.10 bits per heavy atom. The van der Waals surface area contributed by atoms with Crippen LogP contribution in [0.4, 0.5) is 5.69 Å². The summed E-state index contributed by atoms with van der Waals surface area (Å²) in [5.41, 5.74) is 0.986. The summed E-state index contributed by atoms with van der Waals surface area (Å²) < 4.78 is -0.967. The molecule has 0 bridgehead atoms. The van der Waals surface area contributed by atoms with E-state index in [0.29, 0.717) is 11.3 Å². The summed E-state index contributed by atoms with van der Waals surface area (Å²) in [4.78, 5) is 11.7. The molecule has 1 atom stereocenters. The molecule has 0 radical (unpaired) electrons. The maximum Gasteiger partial charge on any atom is 0.355 e. The van der Waals surface area contributed by atoms with Crippen LogP contribution in [0.5, 0.6) is 0 Å². The molecule has 0 aliphatic carbocycles. The maximum atomic E-state index is 11.7. The number of rotatable bonds is 3. The highest BCUT2D eigenvalue weighted by Crippen LogP contribution is 2.31. The molecule has 1 heterocycles. The lowest BCUT2D eigenvalue weighted by molar-refractivity contribution is -0.618. The number of quaternary nitrogens is 1. The lowest BCUT2D eigenvalue weighted by Crippen LogP contribution is -3.00. The van der Waals surface area contributed by atoms with E-state index in [-0.39, 0.29) is 18.2 Å². The van der Waals surface area contributed by atoms with Crippen LogP contribution in [-0.4, -0.2) is 10.9 Å². The number of hydrogen-bond acceptors (Lipinski definition) is 5. The normalized spacial score (nSPS) is 19.7. The van der Waals surface area contributed by atoms with Crippen molar-refractivity contribution < 1.29 is 17.4 Å². The molecule has 0 aromatic heterocycles. The van der Waals surface area contributed by atoms with E-state index >= 15 is 0 Å². The number of halogens is 1. The van der Waals surface area contributed by atoms with Crippen LogP contribution < -0.4 is 17.1 Å². The fraction of sp³-hybridized carbons (Fsp3) is 0. The van der Waals surface area contributed by atoms with Crippen LogP contribution in [0, 0.1) is 10.1 Å². The van der Waals surface area contributed by atoms with Crippen LogP contribution in [-0.2, 0) is 0 Å². The molecule has 8 heteroatoms. The average molecular weight is 304 g/mol. The van der Waals surface area contributed by atoms with E-state index in [0.717, 1.165) is 0 Å². The Morgan fingerprint density at radius 1 is 0.952 bits per heavy atom. The van der Waals surface area contributed by atoms with Gasteiger partial charge in [-0.25, -0.2) is 10.1 Å². The molecule has 1 aliphatic heterocycles. The van der Waals surface area contributed by atoms with Gasteiger partial charge in [0.05, 0.1) is 5.56 Å². The molecule has 7 nitrogen and oxygen atoms in total. The highest BCUT2D eigenvalue weighted by molar-refractivity contribution is 6.05. The first-order chi connectivity index (χ1) is 9.75. The molecule has 1 unspecified atom stereocenters. The Bertz CT molecular complexity index is 705. The molecular formula is C13H10ClN5O2. The molecule has 0 amide bonds. The Morgan fingerprint density at radius 2 is 1.52 bits per heavy atom. The quantitative estimate of drug-likeness (QED) is 0.452. The largest absolute Gasteiger partial charge is 1.00 e. The number of hydrogen-bond donors (Lipinski definition) is 0. The topological polar surface area (TPSA) is 80.2 Å². The predicted molar refractivity (Wildman–Crippen MR) is 73.1 cm³/mol. The Hall–Kier alpha value is -2.64. The second-order valence-corrected chi connectivity index (χ2v) is 4.14. The van der Waals surface area contributed by atoms with E-state index < -0.39 is 9.73 Å². The number of para-hydroxylation sites is 1. The first kappa shape index (κ1) is 14.8. The molecule has 1 aliphatic rings. The SMILES string of the molecule is O=[N+]([O-])[N+]1(c2ccccc2)N=NN=C1c1ccccc1.[Cl-]. The summed E-state index contributed by atoms with van der Waals surface area (Å²) in [7, 11) is 0. The number of nitrogens with zero attached hydrogens (tertiary/aromatic N) is 5.